The fourth-order valence-electron chi connectivity index (χ4n) is 1.05. The summed E-state index contributed by atoms with van der Waals surface area (Å²) in [5.74, 6) is -0.0181. The van der Waals surface area contributed by atoms with Gasteiger partial charge >= 0.3 is 0 Å². The van der Waals surface area contributed by atoms with Gasteiger partial charge in [-0.25, -0.2) is 0 Å². The van der Waals surface area contributed by atoms with E-state index in [2.05, 4.69) is 6.92 Å². The van der Waals surface area contributed by atoms with Gasteiger partial charge in [-0.1, -0.05) is 26.2 Å². The van der Waals surface area contributed by atoms with E-state index in [-0.39, 0.29) is 18.4 Å². The molecule has 0 radical (unpaired) electrons. The molecule has 0 heterocycles. The Morgan fingerprint density at radius 3 is 2.62 bits per heavy atom. The first-order valence-electron chi connectivity index (χ1n) is 5.06. The molecule has 3 nitrogen and oxygen atoms in total. The molecule has 0 spiro atoms. The SMILES string of the molecule is CCCCCCOC(C)C(=O)CN. The molecule has 78 valence electrons. The monoisotopic (exact) mass is 187 g/mol. The summed E-state index contributed by atoms with van der Waals surface area (Å²) in [4.78, 5) is 11.0. The van der Waals surface area contributed by atoms with Crippen molar-refractivity contribution >= 4 is 5.78 Å². The fraction of sp³-hybridized carbons (Fsp3) is 0.900. The van der Waals surface area contributed by atoms with Gasteiger partial charge in [0.05, 0.1) is 6.54 Å². The molecule has 0 bridgehead atoms. The molecule has 3 heteroatoms. The number of hydrogen-bond acceptors (Lipinski definition) is 3. The van der Waals surface area contributed by atoms with Gasteiger partial charge in [-0.15, -0.1) is 0 Å². The lowest BCUT2D eigenvalue weighted by Crippen LogP contribution is -2.28. The van der Waals surface area contributed by atoms with E-state index in [0.717, 1.165) is 6.42 Å². The highest BCUT2D eigenvalue weighted by atomic mass is 16.5. The van der Waals surface area contributed by atoms with Gasteiger partial charge in [0, 0.05) is 6.61 Å². The van der Waals surface area contributed by atoms with Gasteiger partial charge in [0.15, 0.2) is 5.78 Å². The smallest absolute Gasteiger partial charge is 0.174 e. The minimum absolute atomic E-state index is 0.0181. The number of nitrogens with two attached hydrogens (primary N) is 1. The molecule has 0 aliphatic carbocycles. The third-order valence-electron chi connectivity index (χ3n) is 2.02. The Bertz CT molecular complexity index is 137. The molecule has 0 rings (SSSR count). The van der Waals surface area contributed by atoms with Crippen molar-refractivity contribution in [3.8, 4) is 0 Å². The average Bonchev–Trinajstić information content (AvgIpc) is 2.16. The average molecular weight is 187 g/mol. The number of carbonyl (C=O) groups excluding carboxylic acids is 1. The summed E-state index contributed by atoms with van der Waals surface area (Å²) in [6.45, 7) is 4.68. The van der Waals surface area contributed by atoms with E-state index >= 15 is 0 Å². The summed E-state index contributed by atoms with van der Waals surface area (Å²) < 4.78 is 5.31. The van der Waals surface area contributed by atoms with Crippen molar-refractivity contribution in [3.05, 3.63) is 0 Å². The van der Waals surface area contributed by atoms with Crippen molar-refractivity contribution < 1.29 is 9.53 Å². The molecule has 13 heavy (non-hydrogen) atoms. The Kier molecular flexibility index (Phi) is 7.94. The maximum absolute atomic E-state index is 11.0. The number of Topliss-reactive ketones (excluding diaryl/α,β-unsaturated/α-hetero) is 1. The molecular formula is C10H21NO2. The van der Waals surface area contributed by atoms with Gasteiger partial charge in [-0.3, -0.25) is 4.79 Å². The zero-order chi connectivity index (χ0) is 10.1. The summed E-state index contributed by atoms with van der Waals surface area (Å²) >= 11 is 0. The number of unbranched alkanes of at least 4 members (excludes halogenated alkanes) is 3. The van der Waals surface area contributed by atoms with Crippen molar-refractivity contribution in [1.82, 2.24) is 0 Å². The molecule has 0 aliphatic rings. The third-order valence-corrected chi connectivity index (χ3v) is 2.02. The van der Waals surface area contributed by atoms with Crippen LogP contribution in [0.3, 0.4) is 0 Å². The van der Waals surface area contributed by atoms with Crippen LogP contribution in [0.15, 0.2) is 0 Å². The van der Waals surface area contributed by atoms with E-state index in [1.165, 1.54) is 19.3 Å². The second kappa shape index (κ2) is 8.20. The van der Waals surface area contributed by atoms with Crippen molar-refractivity contribution in [2.75, 3.05) is 13.2 Å². The zero-order valence-electron chi connectivity index (χ0n) is 8.71. The lowest BCUT2D eigenvalue weighted by Gasteiger charge is -2.10. The Morgan fingerprint density at radius 1 is 1.38 bits per heavy atom. The molecule has 2 N–H and O–H groups in total. The number of ether oxygens (including phenoxy) is 1. The number of hydrogen-bond donors (Lipinski definition) is 1. The van der Waals surface area contributed by atoms with Crippen LogP contribution in [0.5, 0.6) is 0 Å². The van der Waals surface area contributed by atoms with Crippen LogP contribution in [0, 0.1) is 0 Å². The lowest BCUT2D eigenvalue weighted by atomic mass is 10.2. The number of ketones is 1. The van der Waals surface area contributed by atoms with Gasteiger partial charge in [0.2, 0.25) is 0 Å². The highest BCUT2D eigenvalue weighted by Gasteiger charge is 2.09. The predicted octanol–water partition coefficient (Wildman–Crippen LogP) is 1.50. The molecule has 0 aromatic rings. The van der Waals surface area contributed by atoms with Crippen LogP contribution >= 0.6 is 0 Å². The Hall–Kier alpha value is -0.410. The van der Waals surface area contributed by atoms with E-state index in [4.69, 9.17) is 10.5 Å². The normalized spacial score (nSPS) is 12.8. The molecule has 0 fully saturated rings. The molecule has 0 aromatic heterocycles. The van der Waals surface area contributed by atoms with Crippen molar-refractivity contribution in [2.24, 2.45) is 5.73 Å². The summed E-state index contributed by atoms with van der Waals surface area (Å²) in [5.41, 5.74) is 5.20. The van der Waals surface area contributed by atoms with Gasteiger partial charge in [-0.05, 0) is 13.3 Å². The van der Waals surface area contributed by atoms with Gasteiger partial charge in [0.1, 0.15) is 6.10 Å². The topological polar surface area (TPSA) is 52.3 Å². The van der Waals surface area contributed by atoms with Crippen LogP contribution in [0.4, 0.5) is 0 Å². The highest BCUT2D eigenvalue weighted by molar-refractivity contribution is 5.84. The van der Waals surface area contributed by atoms with E-state index in [1.807, 2.05) is 0 Å². The molecular weight excluding hydrogens is 166 g/mol. The highest BCUT2D eigenvalue weighted by Crippen LogP contribution is 2.01. The van der Waals surface area contributed by atoms with Crippen molar-refractivity contribution in [1.29, 1.82) is 0 Å². The largest absolute Gasteiger partial charge is 0.371 e. The standard InChI is InChI=1S/C10H21NO2/c1-3-4-5-6-7-13-9(2)10(12)8-11/h9H,3-8,11H2,1-2H3. The summed E-state index contributed by atoms with van der Waals surface area (Å²) in [6, 6.07) is 0. The molecule has 1 unspecified atom stereocenters. The van der Waals surface area contributed by atoms with E-state index < -0.39 is 0 Å². The van der Waals surface area contributed by atoms with Crippen LogP contribution in [0.25, 0.3) is 0 Å². The number of rotatable bonds is 8. The first kappa shape index (κ1) is 12.6. The lowest BCUT2D eigenvalue weighted by molar-refractivity contribution is -0.128. The third kappa shape index (κ3) is 6.72. The quantitative estimate of drug-likeness (QED) is 0.586. The van der Waals surface area contributed by atoms with Crippen molar-refractivity contribution in [2.45, 2.75) is 45.6 Å². The molecule has 0 amide bonds. The van der Waals surface area contributed by atoms with E-state index in [1.54, 1.807) is 6.92 Å². The van der Waals surface area contributed by atoms with Gasteiger partial charge in [0.25, 0.3) is 0 Å². The Balaban J connectivity index is 3.26. The molecule has 0 aliphatic heterocycles. The second-order valence-corrected chi connectivity index (χ2v) is 3.24. The fourth-order valence-corrected chi connectivity index (χ4v) is 1.05. The summed E-state index contributed by atoms with van der Waals surface area (Å²) in [5, 5.41) is 0. The molecule has 1 atom stereocenters. The van der Waals surface area contributed by atoms with Crippen molar-refractivity contribution in [3.63, 3.8) is 0 Å². The molecule has 0 saturated heterocycles. The van der Waals surface area contributed by atoms with E-state index in [0.29, 0.717) is 6.61 Å². The van der Waals surface area contributed by atoms with Gasteiger partial charge in [-0.2, -0.15) is 0 Å². The van der Waals surface area contributed by atoms with E-state index in [9.17, 15) is 4.79 Å². The Morgan fingerprint density at radius 2 is 2.08 bits per heavy atom. The maximum Gasteiger partial charge on any atom is 0.174 e. The molecule has 0 aromatic carbocycles. The minimum atomic E-state index is -0.327. The Labute approximate surface area is 80.6 Å². The molecule has 0 saturated carbocycles. The maximum atomic E-state index is 11.0. The summed E-state index contributed by atoms with van der Waals surface area (Å²) in [6.07, 6.45) is 4.35. The second-order valence-electron chi connectivity index (χ2n) is 3.24. The first-order valence-corrected chi connectivity index (χ1v) is 5.06. The minimum Gasteiger partial charge on any atom is -0.371 e. The number of carbonyl (C=O) groups is 1. The first-order chi connectivity index (χ1) is 6.22. The van der Waals surface area contributed by atoms with Crippen LogP contribution < -0.4 is 5.73 Å². The summed E-state index contributed by atoms with van der Waals surface area (Å²) in [7, 11) is 0. The van der Waals surface area contributed by atoms with Gasteiger partial charge < -0.3 is 10.5 Å². The van der Waals surface area contributed by atoms with Crippen LogP contribution in [-0.4, -0.2) is 25.0 Å². The predicted molar refractivity (Wildman–Crippen MR) is 53.6 cm³/mol. The van der Waals surface area contributed by atoms with Crippen LogP contribution in [0.1, 0.15) is 39.5 Å². The van der Waals surface area contributed by atoms with Crippen LogP contribution in [0.2, 0.25) is 0 Å². The van der Waals surface area contributed by atoms with Crippen LogP contribution in [-0.2, 0) is 9.53 Å². The zero-order valence-corrected chi connectivity index (χ0v) is 8.71.